The summed E-state index contributed by atoms with van der Waals surface area (Å²) >= 11 is 1.37. The van der Waals surface area contributed by atoms with Crippen molar-refractivity contribution in [3.63, 3.8) is 0 Å². The van der Waals surface area contributed by atoms with E-state index in [1.807, 2.05) is 13.8 Å². The number of hydrogen-bond acceptors (Lipinski definition) is 12. The first kappa shape index (κ1) is 48.8. The highest BCUT2D eigenvalue weighted by atomic mass is 32.2. The van der Waals surface area contributed by atoms with Gasteiger partial charge in [-0.2, -0.15) is 11.8 Å². The van der Waals surface area contributed by atoms with E-state index in [-0.39, 0.29) is 37.1 Å². The number of aromatic amines is 1. The van der Waals surface area contributed by atoms with Gasteiger partial charge in [-0.25, -0.2) is 9.55 Å². The number of hydrogen-bond donors (Lipinski definition) is 10. The average molecular weight is 860 g/mol. The molecule has 6 amide bonds. The van der Waals surface area contributed by atoms with Crippen molar-refractivity contribution >= 4 is 55.0 Å². The van der Waals surface area contributed by atoms with Gasteiger partial charge in [0.2, 0.25) is 35.4 Å². The third kappa shape index (κ3) is 16.2. The van der Waals surface area contributed by atoms with Gasteiger partial charge in [0.25, 0.3) is 0 Å². The number of carbonyl (C=O) groups is 6. The minimum atomic E-state index is -5.20. The number of imidazole rings is 1. The van der Waals surface area contributed by atoms with Gasteiger partial charge < -0.3 is 52.2 Å². The Morgan fingerprint density at radius 2 is 1.55 bits per heavy atom. The van der Waals surface area contributed by atoms with Crippen LogP contribution in [0.2, 0.25) is 0 Å². The number of likely N-dealkylation sites (tertiary alicyclic amines) is 1. The van der Waals surface area contributed by atoms with Crippen LogP contribution in [0, 0.1) is 11.8 Å². The molecule has 2 heterocycles. The van der Waals surface area contributed by atoms with E-state index in [1.165, 1.54) is 43.5 Å². The van der Waals surface area contributed by atoms with E-state index in [2.05, 4.69) is 46.0 Å². The van der Waals surface area contributed by atoms with E-state index >= 15 is 0 Å². The summed E-state index contributed by atoms with van der Waals surface area (Å²) in [7, 11) is -5.20. The van der Waals surface area contributed by atoms with Crippen molar-refractivity contribution in [3.8, 4) is 0 Å². The largest absolute Gasteiger partial charge is 0.469 e. The number of carbonyl (C=O) groups excluding carboxylic acids is 6. The molecule has 0 aromatic carbocycles. The first-order valence-electron chi connectivity index (χ1n) is 19.8. The summed E-state index contributed by atoms with van der Waals surface area (Å²) in [6.07, 6.45) is 10.5. The SMILES string of the molecule is CSCC[C@H](NC(=O)[C@@H](NC(=O)[C@H](CO)NC(=O)[C@H](Cc1cnc[nH]1)NC(=O)[C@H](CC(C)C)NC(=O)[C@@H]1CCCN1CC1CCCCC1)[C@@H](C)OP(=O)(O)O)C(N)=O. The van der Waals surface area contributed by atoms with Crippen LogP contribution < -0.4 is 32.3 Å². The number of nitrogens with zero attached hydrogens (tertiary/aromatic N) is 2. The summed E-state index contributed by atoms with van der Waals surface area (Å²) < 4.78 is 16.3. The number of nitrogens with one attached hydrogen (secondary N) is 6. The van der Waals surface area contributed by atoms with Crippen molar-refractivity contribution in [1.82, 2.24) is 41.5 Å². The highest BCUT2D eigenvalue weighted by Crippen LogP contribution is 2.38. The minimum Gasteiger partial charge on any atom is -0.394 e. The van der Waals surface area contributed by atoms with Crippen LogP contribution in [0.25, 0.3) is 0 Å². The van der Waals surface area contributed by atoms with Gasteiger partial charge in [0.15, 0.2) is 0 Å². The van der Waals surface area contributed by atoms with E-state index in [1.54, 1.807) is 6.26 Å². The highest BCUT2D eigenvalue weighted by Gasteiger charge is 2.38. The minimum absolute atomic E-state index is 0.0220. The molecule has 58 heavy (non-hydrogen) atoms. The number of nitrogens with two attached hydrogens (primary N) is 1. The smallest absolute Gasteiger partial charge is 0.394 e. The van der Waals surface area contributed by atoms with Crippen molar-refractivity contribution < 1.29 is 52.7 Å². The Bertz CT molecular complexity index is 1560. The maximum atomic E-state index is 13.9. The molecule has 2 aliphatic rings. The van der Waals surface area contributed by atoms with E-state index in [4.69, 9.17) is 5.73 Å². The zero-order valence-electron chi connectivity index (χ0n) is 33.7. The number of rotatable bonds is 24. The molecule has 2 fully saturated rings. The lowest BCUT2D eigenvalue weighted by molar-refractivity contribution is -0.137. The molecule has 0 bridgehead atoms. The molecule has 1 aromatic heterocycles. The predicted octanol–water partition coefficient (Wildman–Crippen LogP) is -0.804. The van der Waals surface area contributed by atoms with Crippen LogP contribution in [-0.4, -0.2) is 139 Å². The van der Waals surface area contributed by atoms with Crippen LogP contribution in [0.5, 0.6) is 0 Å². The Kier molecular flexibility index (Phi) is 20.1. The van der Waals surface area contributed by atoms with E-state index in [0.29, 0.717) is 23.8 Å². The van der Waals surface area contributed by atoms with Crippen LogP contribution in [-0.2, 0) is 44.3 Å². The Balaban J connectivity index is 1.78. The molecule has 0 radical (unpaired) electrons. The van der Waals surface area contributed by atoms with Gasteiger partial charge in [0, 0.05) is 24.9 Å². The lowest BCUT2D eigenvalue weighted by Gasteiger charge is -2.31. The zero-order valence-corrected chi connectivity index (χ0v) is 35.4. The molecule has 1 saturated carbocycles. The van der Waals surface area contributed by atoms with Crippen LogP contribution >= 0.6 is 19.6 Å². The monoisotopic (exact) mass is 859 g/mol. The number of aliphatic hydroxyl groups is 1. The molecule has 11 N–H and O–H groups in total. The first-order chi connectivity index (χ1) is 27.4. The van der Waals surface area contributed by atoms with Crippen LogP contribution in [0.15, 0.2) is 12.5 Å². The standard InChI is InChI=1S/C36H62N9O11PS/c1-21(2)15-26(42-35(51)29-11-8-13-45(29)18-23-9-6-5-7-10-23)32(48)41-27(16-24-17-38-20-39-24)33(49)43-28(19-46)34(50)44-30(22(3)56-57(53,54)55)36(52)40-25(31(37)47)12-14-58-4/h17,20-23,25-30,46H,5-16,18-19H2,1-4H3,(H2,37,47)(H,38,39)(H,40,52)(H,41,48)(H,42,51)(H,43,49)(H,44,50)(H2,53,54,55)/t22-,25+,26+,27+,28+,29+,30+/m1/s1. The van der Waals surface area contributed by atoms with Gasteiger partial charge in [-0.1, -0.05) is 33.1 Å². The zero-order chi connectivity index (χ0) is 43.0. The second-order valence-corrected chi connectivity index (χ2v) is 17.6. The molecule has 3 rings (SSSR count). The molecular formula is C36H62N9O11PS. The molecule has 0 unspecified atom stereocenters. The van der Waals surface area contributed by atoms with Gasteiger partial charge in [0.1, 0.15) is 30.2 Å². The van der Waals surface area contributed by atoms with Crippen LogP contribution in [0.1, 0.15) is 84.3 Å². The van der Waals surface area contributed by atoms with Crippen molar-refractivity contribution in [3.05, 3.63) is 18.2 Å². The van der Waals surface area contributed by atoms with Crippen LogP contribution in [0.4, 0.5) is 0 Å². The number of aliphatic hydroxyl groups excluding tert-OH is 1. The van der Waals surface area contributed by atoms with Crippen molar-refractivity contribution in [1.29, 1.82) is 0 Å². The fourth-order valence-electron chi connectivity index (χ4n) is 7.29. The van der Waals surface area contributed by atoms with Crippen molar-refractivity contribution in [2.45, 2.75) is 127 Å². The van der Waals surface area contributed by atoms with Crippen molar-refractivity contribution in [2.24, 2.45) is 17.6 Å². The molecule has 1 saturated heterocycles. The van der Waals surface area contributed by atoms with E-state index in [9.17, 15) is 48.2 Å². The summed E-state index contributed by atoms with van der Waals surface area (Å²) in [6, 6.07) is -7.55. The summed E-state index contributed by atoms with van der Waals surface area (Å²) in [4.78, 5) is 108. The topological polar surface area (TPSA) is 307 Å². The maximum absolute atomic E-state index is 13.9. The Morgan fingerprint density at radius 1 is 0.914 bits per heavy atom. The fourth-order valence-corrected chi connectivity index (χ4v) is 8.31. The molecule has 22 heteroatoms. The lowest BCUT2D eigenvalue weighted by atomic mass is 9.89. The van der Waals surface area contributed by atoms with Gasteiger partial charge in [-0.3, -0.25) is 38.2 Å². The number of phosphoric ester groups is 1. The first-order valence-corrected chi connectivity index (χ1v) is 22.7. The Labute approximate surface area is 343 Å². The number of aromatic nitrogens is 2. The molecule has 20 nitrogen and oxygen atoms in total. The molecule has 328 valence electrons. The quantitative estimate of drug-likeness (QED) is 0.0570. The van der Waals surface area contributed by atoms with Gasteiger partial charge >= 0.3 is 7.82 Å². The molecular weight excluding hydrogens is 797 g/mol. The third-order valence-corrected chi connectivity index (χ3v) is 11.5. The number of phosphoric acid groups is 1. The molecule has 1 aromatic rings. The average Bonchev–Trinajstić information content (AvgIpc) is 3.85. The molecule has 1 aliphatic carbocycles. The number of amides is 6. The molecule has 7 atom stereocenters. The molecule has 0 spiro atoms. The van der Waals surface area contributed by atoms with Crippen molar-refractivity contribution in [2.75, 3.05) is 31.7 Å². The lowest BCUT2D eigenvalue weighted by Crippen LogP contribution is -2.62. The number of H-pyrrole nitrogens is 1. The van der Waals surface area contributed by atoms with Gasteiger partial charge in [-0.15, -0.1) is 0 Å². The van der Waals surface area contributed by atoms with Crippen LogP contribution in [0.3, 0.4) is 0 Å². The van der Waals surface area contributed by atoms with E-state index in [0.717, 1.165) is 39.3 Å². The summed E-state index contributed by atoms with van der Waals surface area (Å²) in [6.45, 7) is 5.50. The third-order valence-electron chi connectivity index (χ3n) is 10.3. The van der Waals surface area contributed by atoms with Gasteiger partial charge in [-0.05, 0) is 75.8 Å². The number of primary amides is 1. The Hall–Kier alpha value is -3.59. The number of thioether (sulfide) groups is 1. The molecule has 1 aliphatic heterocycles. The summed E-state index contributed by atoms with van der Waals surface area (Å²) in [5.74, 6) is -4.05. The second-order valence-electron chi connectivity index (χ2n) is 15.5. The fraction of sp³-hybridized carbons (Fsp3) is 0.750. The van der Waals surface area contributed by atoms with E-state index < -0.39 is 80.3 Å². The second kappa shape index (κ2) is 23.9. The summed E-state index contributed by atoms with van der Waals surface area (Å²) in [5, 5.41) is 22.8. The highest BCUT2D eigenvalue weighted by molar-refractivity contribution is 7.98. The normalized spacial score (nSPS) is 19.6. The Morgan fingerprint density at radius 3 is 2.14 bits per heavy atom. The maximum Gasteiger partial charge on any atom is 0.469 e. The summed E-state index contributed by atoms with van der Waals surface area (Å²) in [5.41, 5.74) is 5.86. The predicted molar refractivity (Wildman–Crippen MR) is 214 cm³/mol. The van der Waals surface area contributed by atoms with Gasteiger partial charge in [0.05, 0.1) is 25.1 Å².